The summed E-state index contributed by atoms with van der Waals surface area (Å²) >= 11 is 0. The van der Waals surface area contributed by atoms with Crippen molar-refractivity contribution in [3.05, 3.63) is 89.5 Å². The summed E-state index contributed by atoms with van der Waals surface area (Å²) in [5.41, 5.74) is 5.94. The number of hydrazone groups is 1. The van der Waals surface area contributed by atoms with E-state index in [4.69, 9.17) is 14.6 Å². The van der Waals surface area contributed by atoms with Crippen molar-refractivity contribution in [3.63, 3.8) is 0 Å². The Morgan fingerprint density at radius 1 is 0.774 bits per heavy atom. The summed E-state index contributed by atoms with van der Waals surface area (Å²) in [7, 11) is 3.38. The monoisotopic (exact) mass is 414 g/mol. The summed E-state index contributed by atoms with van der Waals surface area (Å²) in [5, 5.41) is 7.20. The molecule has 1 heterocycles. The third-order valence-electron chi connectivity index (χ3n) is 5.83. The Bertz CT molecular complexity index is 1050. The number of hydrogen-bond acceptors (Lipinski definition) is 4. The van der Waals surface area contributed by atoms with Crippen LogP contribution in [0.4, 0.5) is 5.69 Å². The van der Waals surface area contributed by atoms with E-state index in [1.54, 1.807) is 14.2 Å². The van der Waals surface area contributed by atoms with Crippen molar-refractivity contribution >= 4 is 11.4 Å². The molecule has 0 amide bonds. The van der Waals surface area contributed by atoms with E-state index < -0.39 is 0 Å². The van der Waals surface area contributed by atoms with Crippen LogP contribution in [0, 0.1) is 0 Å². The van der Waals surface area contributed by atoms with E-state index in [1.165, 1.54) is 11.1 Å². The minimum atomic E-state index is 0.121. The van der Waals surface area contributed by atoms with Gasteiger partial charge in [0, 0.05) is 6.42 Å². The molecule has 31 heavy (non-hydrogen) atoms. The number of anilines is 1. The molecule has 0 aliphatic carbocycles. The third kappa shape index (κ3) is 4.43. The summed E-state index contributed by atoms with van der Waals surface area (Å²) < 4.78 is 10.7. The zero-order valence-electron chi connectivity index (χ0n) is 18.9. The standard InChI is InChI=1S/C27H30N2O2/c1-27(2,3)21-10-12-22(13-11-21)29-26(20-8-16-24(31-5)17-9-20)18-25(28-29)19-6-14-23(30-4)15-7-19/h6-17,26H,18H2,1-5H3. The molecule has 4 rings (SSSR count). The maximum Gasteiger partial charge on any atom is 0.118 e. The van der Waals surface area contributed by atoms with Crippen LogP contribution in [0.3, 0.4) is 0 Å². The maximum absolute atomic E-state index is 5.35. The van der Waals surface area contributed by atoms with Gasteiger partial charge in [0.25, 0.3) is 0 Å². The molecule has 1 atom stereocenters. The van der Waals surface area contributed by atoms with Gasteiger partial charge in [-0.2, -0.15) is 5.10 Å². The highest BCUT2D eigenvalue weighted by atomic mass is 16.5. The van der Waals surface area contributed by atoms with Crippen molar-refractivity contribution in [1.29, 1.82) is 0 Å². The molecule has 0 N–H and O–H groups in total. The van der Waals surface area contributed by atoms with Gasteiger partial charge in [-0.1, -0.05) is 45.0 Å². The second-order valence-electron chi connectivity index (χ2n) is 8.91. The molecule has 0 aromatic heterocycles. The predicted octanol–water partition coefficient (Wildman–Crippen LogP) is 6.36. The molecule has 3 aromatic rings. The molecule has 1 aliphatic rings. The molecule has 1 aliphatic heterocycles. The molecular formula is C27H30N2O2. The average Bonchev–Trinajstić information content (AvgIpc) is 3.24. The summed E-state index contributed by atoms with van der Waals surface area (Å²) in [6.07, 6.45) is 0.833. The Morgan fingerprint density at radius 2 is 1.32 bits per heavy atom. The molecule has 1 unspecified atom stereocenters. The molecule has 0 bridgehead atoms. The van der Waals surface area contributed by atoms with Crippen molar-refractivity contribution in [2.24, 2.45) is 5.10 Å². The van der Waals surface area contributed by atoms with E-state index in [2.05, 4.69) is 74.3 Å². The van der Waals surface area contributed by atoms with E-state index in [1.807, 2.05) is 24.3 Å². The van der Waals surface area contributed by atoms with Gasteiger partial charge in [0.05, 0.1) is 31.7 Å². The van der Waals surface area contributed by atoms with Crippen molar-refractivity contribution < 1.29 is 9.47 Å². The molecule has 0 fully saturated rings. The van der Waals surface area contributed by atoms with Crippen LogP contribution in [-0.4, -0.2) is 19.9 Å². The predicted molar refractivity (Wildman–Crippen MR) is 128 cm³/mol. The van der Waals surface area contributed by atoms with Gasteiger partial charge in [0.1, 0.15) is 11.5 Å². The molecule has 160 valence electrons. The number of nitrogens with zero attached hydrogens (tertiary/aromatic N) is 2. The number of benzene rings is 3. The lowest BCUT2D eigenvalue weighted by Crippen LogP contribution is -2.19. The summed E-state index contributed by atoms with van der Waals surface area (Å²) in [5.74, 6) is 1.71. The molecule has 0 saturated carbocycles. The minimum absolute atomic E-state index is 0.121. The summed E-state index contributed by atoms with van der Waals surface area (Å²) in [6.45, 7) is 6.70. The van der Waals surface area contributed by atoms with Crippen molar-refractivity contribution in [3.8, 4) is 11.5 Å². The number of rotatable bonds is 5. The fourth-order valence-corrected chi connectivity index (χ4v) is 3.91. The van der Waals surface area contributed by atoms with E-state index in [0.29, 0.717) is 0 Å². The Hall–Kier alpha value is -3.27. The fourth-order valence-electron chi connectivity index (χ4n) is 3.91. The third-order valence-corrected chi connectivity index (χ3v) is 5.83. The zero-order chi connectivity index (χ0) is 22.0. The fraction of sp³-hybridized carbons (Fsp3) is 0.296. The first-order valence-electron chi connectivity index (χ1n) is 10.6. The van der Waals surface area contributed by atoms with Crippen LogP contribution in [0.25, 0.3) is 0 Å². The first kappa shape index (κ1) is 21.0. The van der Waals surface area contributed by atoms with Crippen LogP contribution >= 0.6 is 0 Å². The van der Waals surface area contributed by atoms with Gasteiger partial charge in [-0.25, -0.2) is 0 Å². The Balaban J connectivity index is 1.70. The molecule has 0 spiro atoms. The Kier molecular flexibility index (Phi) is 5.73. The second kappa shape index (κ2) is 8.46. The highest BCUT2D eigenvalue weighted by Gasteiger charge is 2.30. The molecule has 0 saturated heterocycles. The number of methoxy groups -OCH3 is 2. The first-order valence-corrected chi connectivity index (χ1v) is 10.6. The smallest absolute Gasteiger partial charge is 0.118 e. The van der Waals surface area contributed by atoms with E-state index in [0.717, 1.165) is 34.9 Å². The summed E-state index contributed by atoms with van der Waals surface area (Å²) in [6, 6.07) is 25.3. The van der Waals surface area contributed by atoms with E-state index in [9.17, 15) is 0 Å². The van der Waals surface area contributed by atoms with E-state index >= 15 is 0 Å². The quantitative estimate of drug-likeness (QED) is 0.487. The Morgan fingerprint density at radius 3 is 1.84 bits per heavy atom. The van der Waals surface area contributed by atoms with Gasteiger partial charge in [0.15, 0.2) is 0 Å². The van der Waals surface area contributed by atoms with Crippen LogP contribution in [0.2, 0.25) is 0 Å². The van der Waals surface area contributed by atoms with Gasteiger partial charge in [-0.3, -0.25) is 5.01 Å². The van der Waals surface area contributed by atoms with Crippen LogP contribution in [0.15, 0.2) is 77.9 Å². The number of ether oxygens (including phenoxy) is 2. The second-order valence-corrected chi connectivity index (χ2v) is 8.91. The topological polar surface area (TPSA) is 34.1 Å². The first-order chi connectivity index (χ1) is 14.9. The number of hydrogen-bond donors (Lipinski definition) is 0. The van der Waals surface area contributed by atoms with Gasteiger partial charge in [-0.15, -0.1) is 0 Å². The lowest BCUT2D eigenvalue weighted by molar-refractivity contribution is 0.414. The molecule has 4 nitrogen and oxygen atoms in total. The lowest BCUT2D eigenvalue weighted by Gasteiger charge is -2.25. The molecule has 0 radical (unpaired) electrons. The average molecular weight is 415 g/mol. The van der Waals surface area contributed by atoms with Crippen LogP contribution in [0.1, 0.15) is 49.9 Å². The zero-order valence-corrected chi connectivity index (χ0v) is 18.9. The van der Waals surface area contributed by atoms with Crippen molar-refractivity contribution in [2.45, 2.75) is 38.6 Å². The highest BCUT2D eigenvalue weighted by Crippen LogP contribution is 2.38. The molecular weight excluding hydrogens is 384 g/mol. The van der Waals surface area contributed by atoms with Gasteiger partial charge < -0.3 is 9.47 Å². The van der Waals surface area contributed by atoms with E-state index in [-0.39, 0.29) is 11.5 Å². The SMILES string of the molecule is COc1ccc(C2=NN(c3ccc(C(C)(C)C)cc3)C(c3ccc(OC)cc3)C2)cc1. The molecule has 4 heteroatoms. The van der Waals surface area contributed by atoms with Gasteiger partial charge >= 0.3 is 0 Å². The van der Waals surface area contributed by atoms with Crippen molar-refractivity contribution in [2.75, 3.05) is 19.2 Å². The Labute approximate surface area is 185 Å². The van der Waals surface area contributed by atoms with Crippen LogP contribution in [-0.2, 0) is 5.41 Å². The van der Waals surface area contributed by atoms with Gasteiger partial charge in [-0.05, 0) is 70.6 Å². The van der Waals surface area contributed by atoms with Gasteiger partial charge in [0.2, 0.25) is 0 Å². The minimum Gasteiger partial charge on any atom is -0.497 e. The summed E-state index contributed by atoms with van der Waals surface area (Å²) in [4.78, 5) is 0. The normalized spacial score (nSPS) is 16.2. The van der Waals surface area contributed by atoms with Crippen molar-refractivity contribution in [1.82, 2.24) is 0 Å². The lowest BCUT2D eigenvalue weighted by atomic mass is 9.87. The molecule has 3 aromatic carbocycles. The van der Waals surface area contributed by atoms with Crippen LogP contribution in [0.5, 0.6) is 11.5 Å². The largest absolute Gasteiger partial charge is 0.497 e. The maximum atomic E-state index is 5.35. The highest BCUT2D eigenvalue weighted by molar-refractivity contribution is 6.03. The van der Waals surface area contributed by atoms with Crippen LogP contribution < -0.4 is 14.5 Å².